The SMILES string of the molecule is CC[C@@H]1CCCCN1C(=O)c1ccc(=O)[nH]n1. The van der Waals surface area contributed by atoms with Crippen molar-refractivity contribution in [2.75, 3.05) is 6.54 Å². The molecule has 0 unspecified atom stereocenters. The number of nitrogens with zero attached hydrogens (tertiary/aromatic N) is 2. The summed E-state index contributed by atoms with van der Waals surface area (Å²) in [4.78, 5) is 25.0. The number of hydrogen-bond acceptors (Lipinski definition) is 3. The zero-order valence-corrected chi connectivity index (χ0v) is 9.98. The molecule has 1 atom stereocenters. The van der Waals surface area contributed by atoms with Gasteiger partial charge < -0.3 is 4.90 Å². The molecule has 1 aliphatic heterocycles. The van der Waals surface area contributed by atoms with E-state index in [2.05, 4.69) is 17.1 Å². The second-order valence-electron chi connectivity index (χ2n) is 4.36. The number of aromatic nitrogens is 2. The summed E-state index contributed by atoms with van der Waals surface area (Å²) in [5.41, 5.74) is 0.0391. The molecule has 0 aliphatic carbocycles. The first-order chi connectivity index (χ1) is 8.22. The molecule has 1 amide bonds. The van der Waals surface area contributed by atoms with E-state index in [1.54, 1.807) is 0 Å². The summed E-state index contributed by atoms with van der Waals surface area (Å²) in [5, 5.41) is 6.09. The van der Waals surface area contributed by atoms with E-state index in [4.69, 9.17) is 0 Å². The van der Waals surface area contributed by atoms with Gasteiger partial charge in [0.05, 0.1) is 0 Å². The number of amides is 1. The van der Waals surface area contributed by atoms with E-state index >= 15 is 0 Å². The first-order valence-corrected chi connectivity index (χ1v) is 6.09. The fourth-order valence-electron chi connectivity index (χ4n) is 2.30. The monoisotopic (exact) mass is 235 g/mol. The maximum Gasteiger partial charge on any atom is 0.274 e. The fraction of sp³-hybridized carbons (Fsp3) is 0.583. The highest BCUT2D eigenvalue weighted by Crippen LogP contribution is 2.20. The van der Waals surface area contributed by atoms with Crippen LogP contribution in [0.25, 0.3) is 0 Å². The Hall–Kier alpha value is -1.65. The van der Waals surface area contributed by atoms with Crippen molar-refractivity contribution < 1.29 is 4.79 Å². The number of H-pyrrole nitrogens is 1. The lowest BCUT2D eigenvalue weighted by Gasteiger charge is -2.34. The van der Waals surface area contributed by atoms with Crippen LogP contribution < -0.4 is 5.56 Å². The molecule has 1 N–H and O–H groups in total. The Balaban J connectivity index is 2.18. The summed E-state index contributed by atoms with van der Waals surface area (Å²) >= 11 is 0. The highest BCUT2D eigenvalue weighted by Gasteiger charge is 2.26. The van der Waals surface area contributed by atoms with Crippen molar-refractivity contribution in [3.05, 3.63) is 28.2 Å². The Morgan fingerprint density at radius 2 is 2.35 bits per heavy atom. The van der Waals surface area contributed by atoms with Gasteiger partial charge in [-0.3, -0.25) is 9.59 Å². The van der Waals surface area contributed by atoms with Crippen LogP contribution in [0.1, 0.15) is 43.1 Å². The second kappa shape index (κ2) is 5.12. The quantitative estimate of drug-likeness (QED) is 0.837. The molecule has 0 spiro atoms. The molecule has 5 heteroatoms. The number of nitrogens with one attached hydrogen (secondary N) is 1. The van der Waals surface area contributed by atoms with E-state index in [-0.39, 0.29) is 11.5 Å². The highest BCUT2D eigenvalue weighted by atomic mass is 16.2. The minimum atomic E-state index is -0.285. The van der Waals surface area contributed by atoms with Gasteiger partial charge in [-0.25, -0.2) is 5.10 Å². The predicted molar refractivity (Wildman–Crippen MR) is 63.8 cm³/mol. The zero-order valence-electron chi connectivity index (χ0n) is 9.98. The summed E-state index contributed by atoms with van der Waals surface area (Å²) < 4.78 is 0. The van der Waals surface area contributed by atoms with E-state index in [0.717, 1.165) is 25.8 Å². The topological polar surface area (TPSA) is 66.1 Å². The summed E-state index contributed by atoms with van der Waals surface area (Å²) in [6.07, 6.45) is 4.26. The van der Waals surface area contributed by atoms with Crippen LogP contribution in [0, 0.1) is 0 Å². The molecule has 1 fully saturated rings. The number of piperidine rings is 1. The molecule has 1 aromatic rings. The average Bonchev–Trinajstić information content (AvgIpc) is 2.39. The van der Waals surface area contributed by atoms with Gasteiger partial charge >= 0.3 is 0 Å². The Bertz CT molecular complexity index is 435. The van der Waals surface area contributed by atoms with E-state index in [9.17, 15) is 9.59 Å². The Morgan fingerprint density at radius 1 is 1.53 bits per heavy atom. The average molecular weight is 235 g/mol. The molecule has 0 aromatic carbocycles. The van der Waals surface area contributed by atoms with Crippen molar-refractivity contribution in [2.24, 2.45) is 0 Å². The summed E-state index contributed by atoms with van der Waals surface area (Å²) in [7, 11) is 0. The van der Waals surface area contributed by atoms with Gasteiger partial charge in [-0.1, -0.05) is 6.92 Å². The normalized spacial score (nSPS) is 20.3. The summed E-state index contributed by atoms with van der Waals surface area (Å²) in [6.45, 7) is 2.88. The molecule has 5 nitrogen and oxygen atoms in total. The van der Waals surface area contributed by atoms with Crippen LogP contribution in [0.5, 0.6) is 0 Å². The Labute approximate surface area is 99.8 Å². The van der Waals surface area contributed by atoms with Crippen LogP contribution in [0.4, 0.5) is 0 Å². The lowest BCUT2D eigenvalue weighted by Crippen LogP contribution is -2.43. The van der Waals surface area contributed by atoms with Crippen LogP contribution in [0.15, 0.2) is 16.9 Å². The van der Waals surface area contributed by atoms with Crippen molar-refractivity contribution in [1.29, 1.82) is 0 Å². The van der Waals surface area contributed by atoms with Crippen molar-refractivity contribution in [1.82, 2.24) is 15.1 Å². The van der Waals surface area contributed by atoms with Crippen molar-refractivity contribution in [3.63, 3.8) is 0 Å². The fourth-order valence-corrected chi connectivity index (χ4v) is 2.30. The van der Waals surface area contributed by atoms with Gasteiger partial charge in [0.1, 0.15) is 5.69 Å². The second-order valence-corrected chi connectivity index (χ2v) is 4.36. The predicted octanol–water partition coefficient (Wildman–Crippen LogP) is 1.17. The van der Waals surface area contributed by atoms with E-state index in [1.807, 2.05) is 4.90 Å². The third-order valence-electron chi connectivity index (χ3n) is 3.26. The van der Waals surface area contributed by atoms with Gasteiger partial charge in [-0.15, -0.1) is 0 Å². The first-order valence-electron chi connectivity index (χ1n) is 6.09. The molecular formula is C12H17N3O2. The third kappa shape index (κ3) is 2.54. The smallest absolute Gasteiger partial charge is 0.274 e. The number of likely N-dealkylation sites (tertiary alicyclic amines) is 1. The number of aromatic amines is 1. The van der Waals surface area contributed by atoms with E-state index < -0.39 is 0 Å². The largest absolute Gasteiger partial charge is 0.334 e. The molecular weight excluding hydrogens is 218 g/mol. The molecule has 2 heterocycles. The van der Waals surface area contributed by atoms with Crippen LogP contribution in [-0.2, 0) is 0 Å². The molecule has 1 aromatic heterocycles. The van der Waals surface area contributed by atoms with Gasteiger partial charge in [0.15, 0.2) is 0 Å². The Morgan fingerprint density at radius 3 is 3.00 bits per heavy atom. The maximum atomic E-state index is 12.2. The molecule has 0 saturated carbocycles. The molecule has 2 rings (SSSR count). The molecule has 0 radical (unpaired) electrons. The standard InChI is InChI=1S/C12H17N3O2/c1-2-9-5-3-4-8-15(9)12(17)10-6-7-11(16)14-13-10/h6-7,9H,2-5,8H2,1H3,(H,14,16)/t9-/m1/s1. The van der Waals surface area contributed by atoms with Gasteiger partial charge in [0, 0.05) is 18.7 Å². The highest BCUT2D eigenvalue weighted by molar-refractivity contribution is 5.92. The van der Waals surface area contributed by atoms with Crippen LogP contribution in [0.2, 0.25) is 0 Å². The van der Waals surface area contributed by atoms with Gasteiger partial charge in [-0.05, 0) is 31.7 Å². The Kier molecular flexibility index (Phi) is 3.56. The van der Waals surface area contributed by atoms with Gasteiger partial charge in [-0.2, -0.15) is 5.10 Å². The van der Waals surface area contributed by atoms with Crippen LogP contribution in [0.3, 0.4) is 0 Å². The van der Waals surface area contributed by atoms with Crippen molar-refractivity contribution in [2.45, 2.75) is 38.6 Å². The van der Waals surface area contributed by atoms with Gasteiger partial charge in [0.25, 0.3) is 11.5 Å². The molecule has 1 saturated heterocycles. The van der Waals surface area contributed by atoms with E-state index in [1.165, 1.54) is 18.6 Å². The van der Waals surface area contributed by atoms with Crippen LogP contribution in [-0.4, -0.2) is 33.6 Å². The van der Waals surface area contributed by atoms with Crippen LogP contribution >= 0.6 is 0 Å². The number of rotatable bonds is 2. The lowest BCUT2D eigenvalue weighted by molar-refractivity contribution is 0.0600. The zero-order chi connectivity index (χ0) is 12.3. The van der Waals surface area contributed by atoms with Gasteiger partial charge in [0.2, 0.25) is 0 Å². The molecule has 1 aliphatic rings. The lowest BCUT2D eigenvalue weighted by atomic mass is 9.99. The minimum absolute atomic E-state index is 0.0761. The summed E-state index contributed by atoms with van der Waals surface area (Å²) in [6, 6.07) is 3.14. The molecule has 0 bridgehead atoms. The number of carbonyl (C=O) groups excluding carboxylic acids is 1. The van der Waals surface area contributed by atoms with Crippen molar-refractivity contribution >= 4 is 5.91 Å². The number of carbonyl (C=O) groups is 1. The van der Waals surface area contributed by atoms with E-state index in [0.29, 0.717) is 11.7 Å². The first kappa shape index (κ1) is 11.8. The van der Waals surface area contributed by atoms with Crippen molar-refractivity contribution in [3.8, 4) is 0 Å². The third-order valence-corrected chi connectivity index (χ3v) is 3.26. The summed E-state index contributed by atoms with van der Waals surface area (Å²) in [5.74, 6) is -0.0761. The molecule has 17 heavy (non-hydrogen) atoms. The molecule has 92 valence electrons. The number of hydrogen-bond donors (Lipinski definition) is 1. The minimum Gasteiger partial charge on any atom is -0.334 e. The maximum absolute atomic E-state index is 12.2.